The molecule has 0 amide bonds. The number of unbranched alkanes of at least 4 members (excludes halogenated alkanes) is 21. The fraction of sp³-hybridized carbons (Fsp3) is 0.875. The molecule has 4 heteroatoms. The maximum absolute atomic E-state index is 12.0. The van der Waals surface area contributed by atoms with Crippen LogP contribution < -0.4 is 0 Å². The van der Waals surface area contributed by atoms with Crippen LogP contribution in [0.15, 0.2) is 12.2 Å². The Morgan fingerprint density at radius 1 is 0.528 bits per heavy atom. The average Bonchev–Trinajstić information content (AvgIpc) is 2.86. The number of carboxylic acids is 1. The number of aliphatic carboxylic acids is 1. The van der Waals surface area contributed by atoms with Gasteiger partial charge in [0.1, 0.15) is 6.10 Å². The Kier molecular flexibility index (Phi) is 27.2. The normalized spacial score (nSPS) is 12.3. The van der Waals surface area contributed by atoms with Gasteiger partial charge in [0.05, 0.1) is 0 Å². The van der Waals surface area contributed by atoms with Crippen molar-refractivity contribution in [3.05, 3.63) is 12.2 Å². The van der Waals surface area contributed by atoms with Gasteiger partial charge in [-0.3, -0.25) is 0 Å². The highest BCUT2D eigenvalue weighted by Crippen LogP contribution is 2.18. The Morgan fingerprint density at radius 3 is 1.14 bits per heavy atom. The molecule has 0 radical (unpaired) electrons. The number of rotatable bonds is 28. The molecular formula is C32H60O4. The molecule has 0 rings (SSSR count). The minimum atomic E-state index is -1.12. The lowest BCUT2D eigenvalue weighted by atomic mass is 10.0. The molecule has 0 saturated heterocycles. The first-order valence-electron chi connectivity index (χ1n) is 15.7. The third-order valence-electron chi connectivity index (χ3n) is 7.15. The molecule has 4 nitrogen and oxygen atoms in total. The van der Waals surface area contributed by atoms with Gasteiger partial charge in [-0.25, -0.2) is 9.59 Å². The van der Waals surface area contributed by atoms with E-state index in [1.165, 1.54) is 135 Å². The SMILES string of the molecule is CCCCCCCCCCCCCCCC(CCCCCCCCCCCC)OC(=O)C=CC(=O)O. The van der Waals surface area contributed by atoms with Crippen LogP contribution in [0.5, 0.6) is 0 Å². The number of hydrogen-bond acceptors (Lipinski definition) is 3. The van der Waals surface area contributed by atoms with Crippen LogP contribution in [-0.4, -0.2) is 23.1 Å². The molecule has 0 aromatic heterocycles. The molecule has 212 valence electrons. The zero-order valence-electron chi connectivity index (χ0n) is 24.1. The van der Waals surface area contributed by atoms with Gasteiger partial charge in [0.2, 0.25) is 0 Å². The minimum absolute atomic E-state index is 0.0855. The summed E-state index contributed by atoms with van der Waals surface area (Å²) in [6.45, 7) is 4.52. The molecule has 0 spiro atoms. The molecule has 1 unspecified atom stereocenters. The van der Waals surface area contributed by atoms with Crippen LogP contribution in [0.2, 0.25) is 0 Å². The molecule has 0 bridgehead atoms. The highest BCUT2D eigenvalue weighted by atomic mass is 16.5. The summed E-state index contributed by atoms with van der Waals surface area (Å²) in [6, 6.07) is 0. The first-order valence-corrected chi connectivity index (χ1v) is 15.7. The van der Waals surface area contributed by atoms with Crippen LogP contribution in [0, 0.1) is 0 Å². The van der Waals surface area contributed by atoms with E-state index < -0.39 is 11.9 Å². The fourth-order valence-corrected chi connectivity index (χ4v) is 4.85. The van der Waals surface area contributed by atoms with Crippen LogP contribution in [0.4, 0.5) is 0 Å². The first kappa shape index (κ1) is 34.7. The van der Waals surface area contributed by atoms with Crippen LogP contribution in [-0.2, 0) is 14.3 Å². The Labute approximate surface area is 224 Å². The monoisotopic (exact) mass is 508 g/mol. The van der Waals surface area contributed by atoms with Crippen molar-refractivity contribution in [2.24, 2.45) is 0 Å². The third kappa shape index (κ3) is 27.3. The number of carboxylic acid groups (broad SMARTS) is 1. The third-order valence-corrected chi connectivity index (χ3v) is 7.15. The van der Waals surface area contributed by atoms with Crippen molar-refractivity contribution in [2.45, 2.75) is 180 Å². The standard InChI is InChI=1S/C32H60O4/c1-3-5-7-9-11-13-15-16-17-19-21-23-25-27-30(36-32(35)29-28-31(33)34)26-24-22-20-18-14-12-10-8-6-4-2/h28-30H,3-27H2,1-2H3,(H,33,34). The molecule has 0 aliphatic carbocycles. The Bertz CT molecular complexity index is 514. The largest absolute Gasteiger partial charge is 0.478 e. The van der Waals surface area contributed by atoms with E-state index in [0.717, 1.165) is 37.8 Å². The van der Waals surface area contributed by atoms with E-state index in [-0.39, 0.29) is 6.10 Å². The summed E-state index contributed by atoms with van der Waals surface area (Å²) in [7, 11) is 0. The Morgan fingerprint density at radius 2 is 0.833 bits per heavy atom. The molecule has 36 heavy (non-hydrogen) atoms. The molecule has 1 N–H and O–H groups in total. The Balaban J connectivity index is 3.93. The van der Waals surface area contributed by atoms with E-state index in [9.17, 15) is 9.59 Å². The number of ether oxygens (including phenoxy) is 1. The predicted molar refractivity (Wildman–Crippen MR) is 153 cm³/mol. The summed E-state index contributed by atoms with van der Waals surface area (Å²) in [4.78, 5) is 22.7. The maximum Gasteiger partial charge on any atom is 0.331 e. The highest BCUT2D eigenvalue weighted by Gasteiger charge is 2.13. The lowest BCUT2D eigenvalue weighted by Gasteiger charge is -2.17. The minimum Gasteiger partial charge on any atom is -0.478 e. The van der Waals surface area contributed by atoms with Gasteiger partial charge in [-0.2, -0.15) is 0 Å². The average molecular weight is 509 g/mol. The Hall–Kier alpha value is -1.32. The topological polar surface area (TPSA) is 63.6 Å². The second-order valence-electron chi connectivity index (χ2n) is 10.7. The molecule has 0 aromatic rings. The fourth-order valence-electron chi connectivity index (χ4n) is 4.85. The van der Waals surface area contributed by atoms with Crippen LogP contribution in [0.25, 0.3) is 0 Å². The van der Waals surface area contributed by atoms with Gasteiger partial charge in [-0.05, 0) is 25.7 Å². The van der Waals surface area contributed by atoms with E-state index in [2.05, 4.69) is 13.8 Å². The summed E-state index contributed by atoms with van der Waals surface area (Å²) in [5.74, 6) is -1.64. The summed E-state index contributed by atoms with van der Waals surface area (Å²) in [5, 5.41) is 8.74. The van der Waals surface area contributed by atoms with Crippen LogP contribution in [0.1, 0.15) is 174 Å². The quantitative estimate of drug-likeness (QED) is 0.0648. The summed E-state index contributed by atoms with van der Waals surface area (Å²) in [6.07, 6.45) is 33.8. The van der Waals surface area contributed by atoms with Crippen molar-refractivity contribution >= 4 is 11.9 Å². The number of carbonyl (C=O) groups is 2. The number of esters is 1. The lowest BCUT2D eigenvalue weighted by Crippen LogP contribution is -2.17. The van der Waals surface area contributed by atoms with Gasteiger partial charge in [0.25, 0.3) is 0 Å². The van der Waals surface area contributed by atoms with E-state index in [1.54, 1.807) is 0 Å². The van der Waals surface area contributed by atoms with Crippen molar-refractivity contribution in [2.75, 3.05) is 0 Å². The van der Waals surface area contributed by atoms with Crippen molar-refractivity contribution in [1.82, 2.24) is 0 Å². The van der Waals surface area contributed by atoms with Crippen molar-refractivity contribution < 1.29 is 19.4 Å². The number of hydrogen-bond donors (Lipinski definition) is 1. The number of carbonyl (C=O) groups excluding carboxylic acids is 1. The first-order chi connectivity index (χ1) is 17.6. The molecule has 0 heterocycles. The van der Waals surface area contributed by atoms with E-state index in [1.807, 2.05) is 0 Å². The van der Waals surface area contributed by atoms with Gasteiger partial charge in [0.15, 0.2) is 0 Å². The molecule has 0 aliphatic rings. The van der Waals surface area contributed by atoms with Crippen molar-refractivity contribution in [1.29, 1.82) is 0 Å². The van der Waals surface area contributed by atoms with Crippen molar-refractivity contribution in [3.8, 4) is 0 Å². The van der Waals surface area contributed by atoms with E-state index in [4.69, 9.17) is 9.84 Å². The molecular weight excluding hydrogens is 448 g/mol. The molecule has 0 saturated carbocycles. The van der Waals surface area contributed by atoms with Gasteiger partial charge in [0, 0.05) is 12.2 Å². The van der Waals surface area contributed by atoms with Gasteiger partial charge < -0.3 is 9.84 Å². The lowest BCUT2D eigenvalue weighted by molar-refractivity contribution is -0.144. The predicted octanol–water partition coefficient (Wildman–Crippen LogP) is 10.3. The van der Waals surface area contributed by atoms with E-state index >= 15 is 0 Å². The molecule has 0 aromatic carbocycles. The highest BCUT2D eigenvalue weighted by molar-refractivity contribution is 5.90. The maximum atomic E-state index is 12.0. The second kappa shape index (κ2) is 28.3. The van der Waals surface area contributed by atoms with Crippen LogP contribution in [0.3, 0.4) is 0 Å². The molecule has 1 atom stereocenters. The molecule has 0 fully saturated rings. The summed E-state index contributed by atoms with van der Waals surface area (Å²) in [5.41, 5.74) is 0. The smallest absolute Gasteiger partial charge is 0.331 e. The van der Waals surface area contributed by atoms with Gasteiger partial charge >= 0.3 is 11.9 Å². The molecule has 0 aliphatic heterocycles. The zero-order chi connectivity index (χ0) is 26.5. The second-order valence-corrected chi connectivity index (χ2v) is 10.7. The van der Waals surface area contributed by atoms with Crippen molar-refractivity contribution in [3.63, 3.8) is 0 Å². The zero-order valence-corrected chi connectivity index (χ0v) is 24.1. The van der Waals surface area contributed by atoms with Crippen LogP contribution >= 0.6 is 0 Å². The summed E-state index contributed by atoms with van der Waals surface area (Å²) >= 11 is 0. The summed E-state index contributed by atoms with van der Waals surface area (Å²) < 4.78 is 5.60. The van der Waals surface area contributed by atoms with Gasteiger partial charge in [-0.1, -0.05) is 149 Å². The van der Waals surface area contributed by atoms with E-state index in [0.29, 0.717) is 0 Å². The van der Waals surface area contributed by atoms with Gasteiger partial charge in [-0.15, -0.1) is 0 Å².